The molecule has 0 aliphatic heterocycles. The Balaban J connectivity index is 2.18. The van der Waals surface area contributed by atoms with E-state index in [1.54, 1.807) is 6.07 Å². The second-order valence-electron chi connectivity index (χ2n) is 3.59. The molecule has 0 heterocycles. The van der Waals surface area contributed by atoms with Crippen LogP contribution in [0.5, 0.6) is 0 Å². The Morgan fingerprint density at radius 1 is 1.11 bits per heavy atom. The maximum atomic E-state index is 13.2. The molecule has 1 N–H and O–H groups in total. The number of halogens is 3. The quantitative estimate of drug-likeness (QED) is 0.893. The number of hydrogen-bond donors (Lipinski definition) is 1. The molecular formula is C13H8BrF2NO. The number of benzene rings is 2. The highest BCUT2D eigenvalue weighted by Crippen LogP contribution is 2.19. The summed E-state index contributed by atoms with van der Waals surface area (Å²) in [5, 5.41) is 2.49. The van der Waals surface area contributed by atoms with E-state index in [2.05, 4.69) is 21.2 Å². The lowest BCUT2D eigenvalue weighted by molar-refractivity contribution is 0.102. The molecule has 0 unspecified atom stereocenters. The summed E-state index contributed by atoms with van der Waals surface area (Å²) >= 11 is 3.01. The molecule has 0 aromatic heterocycles. The number of carbonyl (C=O) groups excluding carboxylic acids is 1. The standard InChI is InChI=1S/C13H8BrF2NO/c14-11-5-4-10(7-12(11)16)17-13(18)8-2-1-3-9(15)6-8/h1-7H,(H,17,18). The molecule has 0 bridgehead atoms. The van der Waals surface area contributed by atoms with Gasteiger partial charge in [-0.2, -0.15) is 0 Å². The van der Waals surface area contributed by atoms with Crippen molar-refractivity contribution in [2.24, 2.45) is 0 Å². The minimum Gasteiger partial charge on any atom is -0.322 e. The lowest BCUT2D eigenvalue weighted by Gasteiger charge is -2.06. The highest BCUT2D eigenvalue weighted by molar-refractivity contribution is 9.10. The second kappa shape index (κ2) is 5.27. The van der Waals surface area contributed by atoms with Gasteiger partial charge in [-0.05, 0) is 52.3 Å². The zero-order valence-corrected chi connectivity index (χ0v) is 10.7. The lowest BCUT2D eigenvalue weighted by atomic mass is 10.2. The summed E-state index contributed by atoms with van der Waals surface area (Å²) in [5.41, 5.74) is 0.489. The predicted molar refractivity (Wildman–Crippen MR) is 68.5 cm³/mol. The van der Waals surface area contributed by atoms with Crippen LogP contribution in [0.1, 0.15) is 10.4 Å². The van der Waals surface area contributed by atoms with Gasteiger partial charge in [0, 0.05) is 11.3 Å². The average Bonchev–Trinajstić information content (AvgIpc) is 2.34. The number of carbonyl (C=O) groups is 1. The van der Waals surface area contributed by atoms with E-state index < -0.39 is 17.5 Å². The Bertz CT molecular complexity index is 601. The Morgan fingerprint density at radius 3 is 2.56 bits per heavy atom. The molecule has 0 saturated heterocycles. The fourth-order valence-electron chi connectivity index (χ4n) is 1.41. The van der Waals surface area contributed by atoms with Crippen molar-refractivity contribution in [1.29, 1.82) is 0 Å². The van der Waals surface area contributed by atoms with Crippen LogP contribution in [0.4, 0.5) is 14.5 Å². The minimum atomic E-state index is -0.496. The van der Waals surface area contributed by atoms with Crippen molar-refractivity contribution in [2.45, 2.75) is 0 Å². The molecule has 0 radical (unpaired) electrons. The Labute approximate surface area is 111 Å². The maximum absolute atomic E-state index is 13.2. The third kappa shape index (κ3) is 2.92. The summed E-state index contributed by atoms with van der Waals surface area (Å²) < 4.78 is 26.5. The maximum Gasteiger partial charge on any atom is 0.255 e. The van der Waals surface area contributed by atoms with Crippen LogP contribution in [-0.2, 0) is 0 Å². The van der Waals surface area contributed by atoms with Gasteiger partial charge in [0.15, 0.2) is 0 Å². The van der Waals surface area contributed by atoms with E-state index in [1.165, 1.54) is 30.3 Å². The van der Waals surface area contributed by atoms with Crippen molar-refractivity contribution >= 4 is 27.5 Å². The second-order valence-corrected chi connectivity index (χ2v) is 4.45. The highest BCUT2D eigenvalue weighted by atomic mass is 79.9. The smallest absolute Gasteiger partial charge is 0.255 e. The fraction of sp³-hybridized carbons (Fsp3) is 0. The van der Waals surface area contributed by atoms with Gasteiger partial charge in [-0.15, -0.1) is 0 Å². The van der Waals surface area contributed by atoms with Crippen LogP contribution in [0.2, 0.25) is 0 Å². The first-order chi connectivity index (χ1) is 8.56. The summed E-state index contributed by atoms with van der Waals surface area (Å²) in [4.78, 5) is 11.8. The third-order valence-corrected chi connectivity index (χ3v) is 2.91. The van der Waals surface area contributed by atoms with Gasteiger partial charge >= 0.3 is 0 Å². The molecule has 2 aromatic carbocycles. The molecule has 2 nitrogen and oxygen atoms in total. The van der Waals surface area contributed by atoms with Crippen LogP contribution in [-0.4, -0.2) is 5.91 Å². The SMILES string of the molecule is O=C(Nc1ccc(Br)c(F)c1)c1cccc(F)c1. The molecule has 18 heavy (non-hydrogen) atoms. The molecule has 0 atom stereocenters. The third-order valence-electron chi connectivity index (χ3n) is 2.26. The van der Waals surface area contributed by atoms with Gasteiger partial charge in [0.25, 0.3) is 5.91 Å². The highest BCUT2D eigenvalue weighted by Gasteiger charge is 2.08. The summed E-state index contributed by atoms with van der Waals surface area (Å²) in [6.45, 7) is 0. The van der Waals surface area contributed by atoms with E-state index >= 15 is 0 Å². The van der Waals surface area contributed by atoms with Crippen molar-refractivity contribution in [1.82, 2.24) is 0 Å². The molecule has 0 saturated carbocycles. The molecule has 0 fully saturated rings. The van der Waals surface area contributed by atoms with Crippen LogP contribution in [0, 0.1) is 11.6 Å². The largest absolute Gasteiger partial charge is 0.322 e. The van der Waals surface area contributed by atoms with Gasteiger partial charge in [-0.3, -0.25) is 4.79 Å². The van der Waals surface area contributed by atoms with Crippen molar-refractivity contribution < 1.29 is 13.6 Å². The first-order valence-electron chi connectivity index (χ1n) is 5.08. The van der Waals surface area contributed by atoms with Gasteiger partial charge in [-0.1, -0.05) is 6.07 Å². The summed E-state index contributed by atoms with van der Waals surface area (Å²) in [5.74, 6) is -1.46. The number of nitrogens with one attached hydrogen (secondary N) is 1. The molecular weight excluding hydrogens is 304 g/mol. The van der Waals surface area contributed by atoms with Crippen molar-refractivity contribution in [3.8, 4) is 0 Å². The van der Waals surface area contributed by atoms with Crippen LogP contribution in [0.25, 0.3) is 0 Å². The number of rotatable bonds is 2. The molecule has 5 heteroatoms. The molecule has 92 valence electrons. The first kappa shape index (κ1) is 12.7. The van der Waals surface area contributed by atoms with E-state index in [1.807, 2.05) is 0 Å². The lowest BCUT2D eigenvalue weighted by Crippen LogP contribution is -2.12. The number of amides is 1. The van der Waals surface area contributed by atoms with E-state index in [0.717, 1.165) is 6.07 Å². The molecule has 2 rings (SSSR count). The topological polar surface area (TPSA) is 29.1 Å². The van der Waals surface area contributed by atoms with Gasteiger partial charge < -0.3 is 5.32 Å². The van der Waals surface area contributed by atoms with Crippen LogP contribution >= 0.6 is 15.9 Å². The normalized spacial score (nSPS) is 10.2. The number of hydrogen-bond acceptors (Lipinski definition) is 1. The summed E-state index contributed by atoms with van der Waals surface area (Å²) in [7, 11) is 0. The summed E-state index contributed by atoms with van der Waals surface area (Å²) in [6, 6.07) is 9.49. The van der Waals surface area contributed by atoms with Crippen molar-refractivity contribution in [3.05, 3.63) is 64.1 Å². The van der Waals surface area contributed by atoms with Gasteiger partial charge in [0.05, 0.1) is 4.47 Å². The van der Waals surface area contributed by atoms with E-state index in [0.29, 0.717) is 10.2 Å². The van der Waals surface area contributed by atoms with Crippen LogP contribution in [0.15, 0.2) is 46.9 Å². The Kier molecular flexibility index (Phi) is 3.72. The predicted octanol–water partition coefficient (Wildman–Crippen LogP) is 3.98. The zero-order chi connectivity index (χ0) is 13.1. The first-order valence-corrected chi connectivity index (χ1v) is 5.87. The van der Waals surface area contributed by atoms with Gasteiger partial charge in [0.2, 0.25) is 0 Å². The van der Waals surface area contributed by atoms with E-state index in [9.17, 15) is 13.6 Å². The Morgan fingerprint density at radius 2 is 1.89 bits per heavy atom. The minimum absolute atomic E-state index is 0.179. The molecule has 2 aromatic rings. The molecule has 0 aliphatic rings. The number of anilines is 1. The van der Waals surface area contributed by atoms with E-state index in [4.69, 9.17) is 0 Å². The fourth-order valence-corrected chi connectivity index (χ4v) is 1.65. The van der Waals surface area contributed by atoms with Crippen LogP contribution < -0.4 is 5.32 Å². The summed E-state index contributed by atoms with van der Waals surface area (Å²) in [6.07, 6.45) is 0. The molecule has 1 amide bonds. The van der Waals surface area contributed by atoms with Gasteiger partial charge in [0.1, 0.15) is 11.6 Å². The monoisotopic (exact) mass is 311 g/mol. The van der Waals surface area contributed by atoms with E-state index in [-0.39, 0.29) is 5.56 Å². The molecule has 0 aliphatic carbocycles. The van der Waals surface area contributed by atoms with Crippen molar-refractivity contribution in [2.75, 3.05) is 5.32 Å². The molecule has 0 spiro atoms. The van der Waals surface area contributed by atoms with Gasteiger partial charge in [-0.25, -0.2) is 8.78 Å². The Hall–Kier alpha value is -1.75. The average molecular weight is 312 g/mol. The van der Waals surface area contributed by atoms with Crippen LogP contribution in [0.3, 0.4) is 0 Å². The zero-order valence-electron chi connectivity index (χ0n) is 9.08. The van der Waals surface area contributed by atoms with Crippen molar-refractivity contribution in [3.63, 3.8) is 0 Å².